The van der Waals surface area contributed by atoms with Gasteiger partial charge in [0.2, 0.25) is 0 Å². The number of imidazole rings is 1. The summed E-state index contributed by atoms with van der Waals surface area (Å²) in [5.74, 6) is -0.830. The lowest BCUT2D eigenvalue weighted by Crippen LogP contribution is -2.40. The number of fused-ring (bicyclic) bond motifs is 1. The van der Waals surface area contributed by atoms with Gasteiger partial charge in [0, 0.05) is 25.2 Å². The average Bonchev–Trinajstić information content (AvgIpc) is 2.91. The maximum atomic E-state index is 11.6. The maximum absolute atomic E-state index is 11.6. The lowest BCUT2D eigenvalue weighted by atomic mass is 10.0. The third kappa shape index (κ3) is 4.07. The number of nitrogens with zero attached hydrogens (tertiary/aromatic N) is 2. The third-order valence-electron chi connectivity index (χ3n) is 4.02. The molecule has 1 aliphatic rings. The van der Waals surface area contributed by atoms with Crippen LogP contribution >= 0.6 is 0 Å². The van der Waals surface area contributed by atoms with Crippen molar-refractivity contribution in [3.8, 4) is 0 Å². The van der Waals surface area contributed by atoms with Crippen LogP contribution in [-0.4, -0.2) is 39.0 Å². The van der Waals surface area contributed by atoms with E-state index in [1.807, 2.05) is 4.90 Å². The van der Waals surface area contributed by atoms with Crippen LogP contribution in [0.2, 0.25) is 0 Å². The topological polar surface area (TPSA) is 69.2 Å². The van der Waals surface area contributed by atoms with Crippen LogP contribution in [0.25, 0.3) is 0 Å². The van der Waals surface area contributed by atoms with E-state index < -0.39 is 12.0 Å². The van der Waals surface area contributed by atoms with Gasteiger partial charge in [-0.2, -0.15) is 0 Å². The van der Waals surface area contributed by atoms with Crippen molar-refractivity contribution in [2.24, 2.45) is 0 Å². The second kappa shape index (κ2) is 7.40. The van der Waals surface area contributed by atoms with Crippen molar-refractivity contribution in [1.82, 2.24) is 14.9 Å². The minimum absolute atomic E-state index is 0.642. The number of aromatic nitrogens is 2. The van der Waals surface area contributed by atoms with Gasteiger partial charge in [-0.15, -0.1) is 0 Å². The van der Waals surface area contributed by atoms with Gasteiger partial charge in [-0.1, -0.05) is 23.3 Å². The Morgan fingerprint density at radius 3 is 2.91 bits per heavy atom. The van der Waals surface area contributed by atoms with Crippen molar-refractivity contribution >= 4 is 5.97 Å². The molecule has 0 aromatic carbocycles. The van der Waals surface area contributed by atoms with Gasteiger partial charge in [0.1, 0.15) is 0 Å². The fourth-order valence-electron chi connectivity index (χ4n) is 2.76. The molecular formula is C17H25N3O2. The van der Waals surface area contributed by atoms with E-state index in [1.54, 1.807) is 6.33 Å². The van der Waals surface area contributed by atoms with Crippen molar-refractivity contribution in [1.29, 1.82) is 0 Å². The number of aromatic amines is 1. The molecule has 22 heavy (non-hydrogen) atoms. The molecule has 0 saturated heterocycles. The minimum Gasteiger partial charge on any atom is -0.480 e. The molecule has 1 aromatic heterocycles. The normalized spacial score (nSPS) is 18.9. The van der Waals surface area contributed by atoms with Crippen LogP contribution in [-0.2, 0) is 11.2 Å². The lowest BCUT2D eigenvalue weighted by molar-refractivity contribution is -0.143. The SMILES string of the molecule is CC(C)=CCCC(C)=CCN1CCc2[nH]cnc2C1C(=O)O. The Labute approximate surface area is 131 Å². The number of rotatable bonds is 6. The zero-order valence-corrected chi connectivity index (χ0v) is 13.6. The van der Waals surface area contributed by atoms with E-state index in [4.69, 9.17) is 0 Å². The van der Waals surface area contributed by atoms with Crippen molar-refractivity contribution in [2.45, 2.75) is 46.1 Å². The van der Waals surface area contributed by atoms with Gasteiger partial charge >= 0.3 is 5.97 Å². The third-order valence-corrected chi connectivity index (χ3v) is 4.02. The Kier molecular flexibility index (Phi) is 5.55. The van der Waals surface area contributed by atoms with E-state index in [2.05, 4.69) is 42.9 Å². The molecule has 120 valence electrons. The van der Waals surface area contributed by atoms with E-state index in [9.17, 15) is 9.90 Å². The van der Waals surface area contributed by atoms with Crippen molar-refractivity contribution in [3.63, 3.8) is 0 Å². The summed E-state index contributed by atoms with van der Waals surface area (Å²) in [6.45, 7) is 7.71. The summed E-state index contributed by atoms with van der Waals surface area (Å²) in [5.41, 5.74) is 4.25. The summed E-state index contributed by atoms with van der Waals surface area (Å²) in [5, 5.41) is 9.52. The first-order valence-electron chi connectivity index (χ1n) is 7.77. The molecule has 0 bridgehead atoms. The van der Waals surface area contributed by atoms with Crippen molar-refractivity contribution < 1.29 is 9.90 Å². The van der Waals surface area contributed by atoms with E-state index in [0.29, 0.717) is 12.2 Å². The quantitative estimate of drug-likeness (QED) is 0.792. The van der Waals surface area contributed by atoms with Gasteiger partial charge in [-0.3, -0.25) is 9.69 Å². The van der Waals surface area contributed by atoms with Crippen LogP contribution in [0.1, 0.15) is 51.0 Å². The Morgan fingerprint density at radius 1 is 1.45 bits per heavy atom. The van der Waals surface area contributed by atoms with E-state index >= 15 is 0 Å². The average molecular weight is 303 g/mol. The maximum Gasteiger partial charge on any atom is 0.327 e. The largest absolute Gasteiger partial charge is 0.480 e. The van der Waals surface area contributed by atoms with Crippen LogP contribution in [0.5, 0.6) is 0 Å². The Bertz CT molecular complexity index is 582. The van der Waals surface area contributed by atoms with Gasteiger partial charge in [0.25, 0.3) is 0 Å². The van der Waals surface area contributed by atoms with Gasteiger partial charge in [0.05, 0.1) is 12.0 Å². The lowest BCUT2D eigenvalue weighted by Gasteiger charge is -2.31. The highest BCUT2D eigenvalue weighted by Gasteiger charge is 2.34. The van der Waals surface area contributed by atoms with Gasteiger partial charge in [-0.25, -0.2) is 4.98 Å². The number of aliphatic carboxylic acids is 1. The molecule has 5 nitrogen and oxygen atoms in total. The molecule has 0 saturated carbocycles. The predicted molar refractivity (Wildman–Crippen MR) is 86.7 cm³/mol. The molecule has 1 aromatic rings. The number of carbonyl (C=O) groups is 1. The van der Waals surface area contributed by atoms with Crippen LogP contribution < -0.4 is 0 Å². The second-order valence-electron chi connectivity index (χ2n) is 6.12. The first-order chi connectivity index (χ1) is 10.5. The van der Waals surface area contributed by atoms with E-state index in [1.165, 1.54) is 11.1 Å². The molecule has 2 N–H and O–H groups in total. The van der Waals surface area contributed by atoms with Gasteiger partial charge in [-0.05, 0) is 33.6 Å². The highest BCUT2D eigenvalue weighted by molar-refractivity contribution is 5.75. The van der Waals surface area contributed by atoms with Crippen LogP contribution in [0.4, 0.5) is 0 Å². The molecule has 0 fully saturated rings. The van der Waals surface area contributed by atoms with Crippen molar-refractivity contribution in [2.75, 3.05) is 13.1 Å². The number of carboxylic acids is 1. The minimum atomic E-state index is -0.830. The fourth-order valence-corrected chi connectivity index (χ4v) is 2.76. The first-order valence-corrected chi connectivity index (χ1v) is 7.77. The molecule has 0 amide bonds. The summed E-state index contributed by atoms with van der Waals surface area (Å²) < 4.78 is 0. The number of allylic oxidation sites excluding steroid dienone is 3. The van der Waals surface area contributed by atoms with E-state index in [0.717, 1.165) is 31.5 Å². The molecule has 0 aliphatic carbocycles. The molecule has 5 heteroatoms. The number of nitrogens with one attached hydrogen (secondary N) is 1. The molecule has 2 rings (SSSR count). The molecule has 0 spiro atoms. The van der Waals surface area contributed by atoms with Crippen LogP contribution in [0.15, 0.2) is 29.6 Å². The monoisotopic (exact) mass is 303 g/mol. The zero-order chi connectivity index (χ0) is 16.1. The summed E-state index contributed by atoms with van der Waals surface area (Å²) in [6.07, 6.45) is 8.84. The molecular weight excluding hydrogens is 278 g/mol. The highest BCUT2D eigenvalue weighted by Crippen LogP contribution is 2.27. The van der Waals surface area contributed by atoms with Crippen molar-refractivity contribution in [3.05, 3.63) is 41.0 Å². The number of carboxylic acid groups (broad SMARTS) is 1. The molecule has 1 aliphatic heterocycles. The van der Waals surface area contributed by atoms with Crippen LogP contribution in [0.3, 0.4) is 0 Å². The number of H-pyrrole nitrogens is 1. The Hall–Kier alpha value is -1.88. The first kappa shape index (κ1) is 16.5. The molecule has 1 unspecified atom stereocenters. The molecule has 2 heterocycles. The molecule has 1 atom stereocenters. The summed E-state index contributed by atoms with van der Waals surface area (Å²) >= 11 is 0. The van der Waals surface area contributed by atoms with Gasteiger partial charge in [0.15, 0.2) is 6.04 Å². The summed E-state index contributed by atoms with van der Waals surface area (Å²) in [4.78, 5) is 20.8. The fraction of sp³-hybridized carbons (Fsp3) is 0.529. The Balaban J connectivity index is 2.00. The smallest absolute Gasteiger partial charge is 0.327 e. The zero-order valence-electron chi connectivity index (χ0n) is 13.6. The van der Waals surface area contributed by atoms with Gasteiger partial charge < -0.3 is 10.1 Å². The standard InChI is InChI=1S/C17H25N3O2/c1-12(2)5-4-6-13(3)7-9-20-10-8-14-15(19-11-18-14)16(20)17(21)22/h5,7,11,16H,4,6,8-10H2,1-3H3,(H,18,19)(H,21,22). The highest BCUT2D eigenvalue weighted by atomic mass is 16.4. The van der Waals surface area contributed by atoms with Crippen LogP contribution in [0, 0.1) is 0 Å². The number of hydrogen-bond donors (Lipinski definition) is 2. The number of hydrogen-bond acceptors (Lipinski definition) is 3. The molecule has 0 radical (unpaired) electrons. The predicted octanol–water partition coefficient (Wildman–Crippen LogP) is 3.09. The summed E-state index contributed by atoms with van der Waals surface area (Å²) in [6, 6.07) is -0.642. The Morgan fingerprint density at radius 2 is 2.23 bits per heavy atom. The second-order valence-corrected chi connectivity index (χ2v) is 6.12. The summed E-state index contributed by atoms with van der Waals surface area (Å²) in [7, 11) is 0. The van der Waals surface area contributed by atoms with E-state index in [-0.39, 0.29) is 0 Å².